The van der Waals surface area contributed by atoms with E-state index in [0.717, 1.165) is 51.4 Å². The zero-order valence-electron chi connectivity index (χ0n) is 47.1. The van der Waals surface area contributed by atoms with Crippen LogP contribution in [0.25, 0.3) is 0 Å². The topological polar surface area (TPSA) is 142 Å². The molecule has 0 saturated carbocycles. The first-order chi connectivity index (χ1) is 38.2. The Morgan fingerprint density at radius 3 is 0.744 bits per heavy atom. The Labute approximate surface area is 464 Å². The summed E-state index contributed by atoms with van der Waals surface area (Å²) in [5, 5.41) is 0. The third-order valence-corrected chi connectivity index (χ3v) is 13.2. The van der Waals surface area contributed by atoms with Crippen LogP contribution in [0.1, 0.15) is 223 Å². The van der Waals surface area contributed by atoms with Crippen LogP contribution in [-0.2, 0) is 0 Å². The van der Waals surface area contributed by atoms with E-state index in [-0.39, 0.29) is 34.1 Å². The summed E-state index contributed by atoms with van der Waals surface area (Å²) in [6.07, 6.45) is 27.5. The Bertz CT molecular complexity index is 2330. The van der Waals surface area contributed by atoms with Gasteiger partial charge in [0.15, 0.2) is 23.0 Å². The molecule has 0 unspecified atom stereocenters. The van der Waals surface area contributed by atoms with Gasteiger partial charge in [-0.15, -0.1) is 0 Å². The Balaban J connectivity index is 1.09. The van der Waals surface area contributed by atoms with Gasteiger partial charge in [0.1, 0.15) is 23.0 Å². The van der Waals surface area contributed by atoms with Crippen LogP contribution in [0.15, 0.2) is 109 Å². The normalized spacial score (nSPS) is 10.9. The van der Waals surface area contributed by atoms with Crippen LogP contribution in [0.5, 0.6) is 46.0 Å². The number of rotatable bonds is 40. The van der Waals surface area contributed by atoms with Crippen molar-refractivity contribution in [3.05, 3.63) is 131 Å². The predicted molar refractivity (Wildman–Crippen MR) is 308 cm³/mol. The molecule has 0 amide bonds. The summed E-state index contributed by atoms with van der Waals surface area (Å²) in [4.78, 5) is 52.8. The summed E-state index contributed by atoms with van der Waals surface area (Å²) in [5.41, 5.74) is 1.04. The fraction of sp³-hybridized carbons (Fsp3) is 0.485. The predicted octanol–water partition coefficient (Wildman–Crippen LogP) is 17.5. The highest BCUT2D eigenvalue weighted by Gasteiger charge is 2.18. The molecular formula is C66H86O12. The van der Waals surface area contributed by atoms with Gasteiger partial charge in [0.2, 0.25) is 0 Å². The van der Waals surface area contributed by atoms with Crippen molar-refractivity contribution >= 4 is 23.9 Å². The summed E-state index contributed by atoms with van der Waals surface area (Å²) in [5.74, 6) is 0.807. The van der Waals surface area contributed by atoms with Crippen LogP contribution < -0.4 is 37.9 Å². The second kappa shape index (κ2) is 37.1. The summed E-state index contributed by atoms with van der Waals surface area (Å²) < 4.78 is 47.1. The quantitative estimate of drug-likeness (QED) is 0.0209. The van der Waals surface area contributed by atoms with Crippen LogP contribution >= 0.6 is 0 Å². The standard InChI is InChI=1S/C66H86O12/c1-5-9-13-17-21-25-45-71-59-43-33-53(49-61(59)73-47-27-23-19-15-11-7-3)65(69)77-57-39-35-55(36-40-57)75-63(67)51-29-31-52(32-30-51)64(68)76-56-37-41-58(42-38-56)78-66(70)54-34-44-60(72-46-26-22-18-14-10-6-2)62(50-54)74-48-28-24-20-16-12-8-4/h29-44,49-50H,5-28,45-48H2,1-4H3. The SMILES string of the molecule is CCCCCCCCOc1ccc(C(=O)Oc2ccc(OC(=O)c3ccc(C(=O)Oc4ccc(OC(=O)c5ccc(OCCCCCCCC)c(OCCCCCCCC)c5)cc4)cc3)cc2)cc1OCCCCCCCC. The maximum absolute atomic E-state index is 13.3. The fourth-order valence-electron chi connectivity index (χ4n) is 8.55. The van der Waals surface area contributed by atoms with Crippen LogP contribution in [0.3, 0.4) is 0 Å². The largest absolute Gasteiger partial charge is 0.490 e. The van der Waals surface area contributed by atoms with Crippen molar-refractivity contribution in [1.29, 1.82) is 0 Å². The van der Waals surface area contributed by atoms with Gasteiger partial charge in [0, 0.05) is 0 Å². The lowest BCUT2D eigenvalue weighted by Gasteiger charge is -2.14. The van der Waals surface area contributed by atoms with Gasteiger partial charge in [-0.2, -0.15) is 0 Å². The Kier molecular flexibility index (Phi) is 29.5. The molecule has 12 heteroatoms. The van der Waals surface area contributed by atoms with E-state index in [1.807, 2.05) is 0 Å². The molecule has 78 heavy (non-hydrogen) atoms. The lowest BCUT2D eigenvalue weighted by molar-refractivity contribution is 0.0716. The highest BCUT2D eigenvalue weighted by molar-refractivity contribution is 5.95. The molecule has 0 aliphatic heterocycles. The maximum atomic E-state index is 13.3. The number of unbranched alkanes of at least 4 members (excludes halogenated alkanes) is 20. The molecule has 0 aliphatic rings. The lowest BCUT2D eigenvalue weighted by atomic mass is 10.1. The minimum Gasteiger partial charge on any atom is -0.490 e. The summed E-state index contributed by atoms with van der Waals surface area (Å²) >= 11 is 0. The molecule has 422 valence electrons. The van der Waals surface area contributed by atoms with Gasteiger partial charge < -0.3 is 37.9 Å². The van der Waals surface area contributed by atoms with Gasteiger partial charge in [-0.05, 0) is 135 Å². The Morgan fingerprint density at radius 2 is 0.474 bits per heavy atom. The molecule has 0 aliphatic carbocycles. The van der Waals surface area contributed by atoms with Gasteiger partial charge in [-0.3, -0.25) is 0 Å². The molecule has 0 spiro atoms. The van der Waals surface area contributed by atoms with E-state index in [2.05, 4.69) is 27.7 Å². The van der Waals surface area contributed by atoms with Gasteiger partial charge in [-0.1, -0.05) is 156 Å². The number of benzene rings is 5. The maximum Gasteiger partial charge on any atom is 0.343 e. The number of carbonyl (C=O) groups is 4. The second-order valence-corrected chi connectivity index (χ2v) is 19.9. The summed E-state index contributed by atoms with van der Waals surface area (Å²) in [6.45, 7) is 11.0. The average Bonchev–Trinajstić information content (AvgIpc) is 3.45. The van der Waals surface area contributed by atoms with Gasteiger partial charge in [0.25, 0.3) is 0 Å². The third-order valence-electron chi connectivity index (χ3n) is 13.2. The van der Waals surface area contributed by atoms with Crippen LogP contribution in [0.2, 0.25) is 0 Å². The van der Waals surface area contributed by atoms with Crippen LogP contribution in [0, 0.1) is 0 Å². The van der Waals surface area contributed by atoms with E-state index in [1.165, 1.54) is 151 Å². The van der Waals surface area contributed by atoms with Crippen molar-refractivity contribution in [2.24, 2.45) is 0 Å². The van der Waals surface area contributed by atoms with Gasteiger partial charge in [-0.25, -0.2) is 19.2 Å². The monoisotopic (exact) mass is 1070 g/mol. The molecule has 0 heterocycles. The second-order valence-electron chi connectivity index (χ2n) is 19.9. The molecule has 5 aromatic carbocycles. The van der Waals surface area contributed by atoms with Crippen molar-refractivity contribution < 1.29 is 57.1 Å². The van der Waals surface area contributed by atoms with Gasteiger partial charge >= 0.3 is 23.9 Å². The molecule has 0 N–H and O–H groups in total. The highest BCUT2D eigenvalue weighted by atomic mass is 16.6. The van der Waals surface area contributed by atoms with E-state index in [4.69, 9.17) is 37.9 Å². The summed E-state index contributed by atoms with van der Waals surface area (Å²) in [6, 6.07) is 28.4. The molecular weight excluding hydrogens is 985 g/mol. The fourth-order valence-corrected chi connectivity index (χ4v) is 8.55. The van der Waals surface area contributed by atoms with Crippen molar-refractivity contribution in [2.75, 3.05) is 26.4 Å². The van der Waals surface area contributed by atoms with Crippen LogP contribution in [0.4, 0.5) is 0 Å². The molecule has 0 atom stereocenters. The van der Waals surface area contributed by atoms with Crippen molar-refractivity contribution in [3.8, 4) is 46.0 Å². The summed E-state index contributed by atoms with van der Waals surface area (Å²) in [7, 11) is 0. The number of hydrogen-bond acceptors (Lipinski definition) is 12. The van der Waals surface area contributed by atoms with Crippen molar-refractivity contribution in [2.45, 2.75) is 182 Å². The average molecular weight is 1070 g/mol. The molecule has 0 saturated heterocycles. The van der Waals surface area contributed by atoms with Crippen molar-refractivity contribution in [3.63, 3.8) is 0 Å². The minimum absolute atomic E-state index is 0.203. The van der Waals surface area contributed by atoms with Crippen LogP contribution in [-0.4, -0.2) is 50.3 Å². The van der Waals surface area contributed by atoms with E-state index in [9.17, 15) is 19.2 Å². The van der Waals surface area contributed by atoms with Crippen molar-refractivity contribution in [1.82, 2.24) is 0 Å². The van der Waals surface area contributed by atoms with E-state index < -0.39 is 23.9 Å². The molecule has 0 aromatic heterocycles. The van der Waals surface area contributed by atoms with E-state index in [1.54, 1.807) is 60.7 Å². The lowest BCUT2D eigenvalue weighted by Crippen LogP contribution is -2.12. The molecule has 0 bridgehead atoms. The van der Waals surface area contributed by atoms with E-state index >= 15 is 0 Å². The number of hydrogen-bond donors (Lipinski definition) is 0. The molecule has 12 nitrogen and oxygen atoms in total. The number of carbonyl (C=O) groups excluding carboxylic acids is 4. The number of esters is 4. The Morgan fingerprint density at radius 1 is 0.256 bits per heavy atom. The smallest absolute Gasteiger partial charge is 0.343 e. The highest BCUT2D eigenvalue weighted by Crippen LogP contribution is 2.32. The first kappa shape index (κ1) is 62.0. The number of ether oxygens (including phenoxy) is 8. The first-order valence-corrected chi connectivity index (χ1v) is 29.2. The zero-order valence-corrected chi connectivity index (χ0v) is 47.1. The molecule has 0 fully saturated rings. The molecule has 0 radical (unpaired) electrons. The molecule has 5 aromatic rings. The third kappa shape index (κ3) is 23.4. The van der Waals surface area contributed by atoms with E-state index in [0.29, 0.717) is 60.6 Å². The van der Waals surface area contributed by atoms with Gasteiger partial charge in [0.05, 0.1) is 48.7 Å². The first-order valence-electron chi connectivity index (χ1n) is 29.2. The minimum atomic E-state index is -0.651. The zero-order chi connectivity index (χ0) is 55.4. The molecule has 5 rings (SSSR count). The Hall–Kier alpha value is -6.82.